The third kappa shape index (κ3) is 3.66. The van der Waals surface area contributed by atoms with Crippen molar-refractivity contribution in [2.24, 2.45) is 0 Å². The van der Waals surface area contributed by atoms with Crippen molar-refractivity contribution in [2.45, 2.75) is 50.5 Å². The SMILES string of the molecule is CN1CCSCC1c1nc(N)nc(C2CCCCCC2)n1. The number of aromatic nitrogens is 3. The maximum absolute atomic E-state index is 5.97. The van der Waals surface area contributed by atoms with Gasteiger partial charge in [-0.05, 0) is 19.9 Å². The molecular formula is C15H25N5S. The van der Waals surface area contributed by atoms with E-state index in [9.17, 15) is 0 Å². The van der Waals surface area contributed by atoms with Crippen LogP contribution in [0.1, 0.15) is 62.1 Å². The Morgan fingerprint density at radius 2 is 1.76 bits per heavy atom. The van der Waals surface area contributed by atoms with E-state index in [1.165, 1.54) is 44.3 Å². The van der Waals surface area contributed by atoms with E-state index >= 15 is 0 Å². The number of hydrogen-bond acceptors (Lipinski definition) is 6. The van der Waals surface area contributed by atoms with Gasteiger partial charge in [-0.15, -0.1) is 0 Å². The molecule has 0 spiro atoms. The van der Waals surface area contributed by atoms with E-state index in [4.69, 9.17) is 10.7 Å². The minimum atomic E-state index is 0.276. The highest BCUT2D eigenvalue weighted by atomic mass is 32.2. The van der Waals surface area contributed by atoms with Gasteiger partial charge in [0, 0.05) is 24.0 Å². The summed E-state index contributed by atoms with van der Waals surface area (Å²) in [4.78, 5) is 16.0. The lowest BCUT2D eigenvalue weighted by Gasteiger charge is -2.31. The summed E-state index contributed by atoms with van der Waals surface area (Å²) in [6, 6.07) is 0.276. The van der Waals surface area contributed by atoms with Crippen molar-refractivity contribution in [3.8, 4) is 0 Å². The highest BCUT2D eigenvalue weighted by Crippen LogP contribution is 2.31. The van der Waals surface area contributed by atoms with Crippen molar-refractivity contribution in [3.05, 3.63) is 11.6 Å². The Bertz CT molecular complexity index is 473. The molecular weight excluding hydrogens is 282 g/mol. The lowest BCUT2D eigenvalue weighted by molar-refractivity contribution is 0.263. The van der Waals surface area contributed by atoms with Gasteiger partial charge in [-0.2, -0.15) is 21.7 Å². The standard InChI is InChI=1S/C15H25N5S/c1-20-8-9-21-10-12(20)14-17-13(18-15(16)19-14)11-6-4-2-3-5-7-11/h11-12H,2-10H2,1H3,(H2,16,17,18,19). The van der Waals surface area contributed by atoms with Gasteiger partial charge < -0.3 is 5.73 Å². The predicted octanol–water partition coefficient (Wildman–Crippen LogP) is 2.61. The number of nitrogens with zero attached hydrogens (tertiary/aromatic N) is 4. The largest absolute Gasteiger partial charge is 0.368 e. The van der Waals surface area contributed by atoms with Gasteiger partial charge >= 0.3 is 0 Å². The summed E-state index contributed by atoms with van der Waals surface area (Å²) in [5.74, 6) is 4.90. The molecule has 2 fully saturated rings. The molecule has 1 aromatic heterocycles. The Morgan fingerprint density at radius 1 is 1.05 bits per heavy atom. The lowest BCUT2D eigenvalue weighted by Crippen LogP contribution is -2.34. The van der Waals surface area contributed by atoms with Gasteiger partial charge in [0.05, 0.1) is 6.04 Å². The summed E-state index contributed by atoms with van der Waals surface area (Å²) in [6.07, 6.45) is 7.63. The van der Waals surface area contributed by atoms with E-state index < -0.39 is 0 Å². The molecule has 116 valence electrons. The van der Waals surface area contributed by atoms with Crippen LogP contribution in [0.3, 0.4) is 0 Å². The van der Waals surface area contributed by atoms with Crippen LogP contribution < -0.4 is 5.73 Å². The molecule has 3 rings (SSSR count). The number of nitrogens with two attached hydrogens (primary N) is 1. The molecule has 5 nitrogen and oxygen atoms in total. The summed E-state index contributed by atoms with van der Waals surface area (Å²) in [5.41, 5.74) is 5.97. The topological polar surface area (TPSA) is 67.9 Å². The van der Waals surface area contributed by atoms with Gasteiger partial charge in [0.25, 0.3) is 0 Å². The Hall–Kier alpha value is -0.880. The predicted molar refractivity (Wildman–Crippen MR) is 87.4 cm³/mol. The first-order chi connectivity index (χ1) is 10.2. The fourth-order valence-corrected chi connectivity index (χ4v) is 4.47. The molecule has 1 aromatic rings. The maximum Gasteiger partial charge on any atom is 0.223 e. The second-order valence-electron chi connectivity index (χ2n) is 6.17. The zero-order chi connectivity index (χ0) is 14.7. The monoisotopic (exact) mass is 307 g/mol. The van der Waals surface area contributed by atoms with E-state index in [1.807, 2.05) is 11.8 Å². The summed E-state index contributed by atoms with van der Waals surface area (Å²) >= 11 is 1.97. The van der Waals surface area contributed by atoms with Crippen molar-refractivity contribution in [1.82, 2.24) is 19.9 Å². The molecule has 1 saturated heterocycles. The molecule has 1 atom stereocenters. The van der Waals surface area contributed by atoms with Gasteiger partial charge in [0.2, 0.25) is 5.95 Å². The molecule has 2 aliphatic rings. The number of hydrogen-bond donors (Lipinski definition) is 1. The third-order valence-electron chi connectivity index (χ3n) is 4.60. The second kappa shape index (κ2) is 6.92. The van der Waals surface area contributed by atoms with Crippen LogP contribution in [0.4, 0.5) is 5.95 Å². The average Bonchev–Trinajstić information content (AvgIpc) is 2.76. The lowest BCUT2D eigenvalue weighted by atomic mass is 9.99. The number of anilines is 1. The van der Waals surface area contributed by atoms with Crippen LogP contribution in [0.15, 0.2) is 0 Å². The normalized spacial score (nSPS) is 25.7. The zero-order valence-electron chi connectivity index (χ0n) is 12.8. The summed E-state index contributed by atoms with van der Waals surface area (Å²) in [5, 5.41) is 0. The first-order valence-corrected chi connectivity index (χ1v) is 9.19. The van der Waals surface area contributed by atoms with Crippen LogP contribution in [0.2, 0.25) is 0 Å². The quantitative estimate of drug-likeness (QED) is 0.847. The van der Waals surface area contributed by atoms with Gasteiger partial charge in [-0.3, -0.25) is 4.90 Å². The first kappa shape index (κ1) is 15.0. The van der Waals surface area contributed by atoms with Crippen LogP contribution in [-0.4, -0.2) is 44.9 Å². The minimum Gasteiger partial charge on any atom is -0.368 e. The molecule has 1 saturated carbocycles. The highest BCUT2D eigenvalue weighted by Gasteiger charge is 2.26. The number of thioether (sulfide) groups is 1. The van der Waals surface area contributed by atoms with Crippen molar-refractivity contribution in [1.29, 1.82) is 0 Å². The van der Waals surface area contributed by atoms with Gasteiger partial charge in [0.15, 0.2) is 5.82 Å². The van der Waals surface area contributed by atoms with E-state index in [2.05, 4.69) is 21.9 Å². The molecule has 2 N–H and O–H groups in total. The van der Waals surface area contributed by atoms with E-state index in [0.29, 0.717) is 11.9 Å². The van der Waals surface area contributed by atoms with Crippen molar-refractivity contribution < 1.29 is 0 Å². The summed E-state index contributed by atoms with van der Waals surface area (Å²) < 4.78 is 0. The second-order valence-corrected chi connectivity index (χ2v) is 7.32. The highest BCUT2D eigenvalue weighted by molar-refractivity contribution is 7.99. The first-order valence-electron chi connectivity index (χ1n) is 8.03. The molecule has 0 amide bonds. The Morgan fingerprint density at radius 3 is 2.48 bits per heavy atom. The van der Waals surface area contributed by atoms with Crippen molar-refractivity contribution in [2.75, 3.05) is 30.8 Å². The molecule has 0 radical (unpaired) electrons. The van der Waals surface area contributed by atoms with Gasteiger partial charge in [-0.1, -0.05) is 25.7 Å². The third-order valence-corrected chi connectivity index (χ3v) is 5.62. The van der Waals surface area contributed by atoms with E-state index in [0.717, 1.165) is 23.9 Å². The fourth-order valence-electron chi connectivity index (χ4n) is 3.25. The van der Waals surface area contributed by atoms with Crippen LogP contribution in [0.5, 0.6) is 0 Å². The average molecular weight is 307 g/mol. The van der Waals surface area contributed by atoms with E-state index in [1.54, 1.807) is 0 Å². The van der Waals surface area contributed by atoms with Gasteiger partial charge in [0.1, 0.15) is 5.82 Å². The Balaban J connectivity index is 1.84. The van der Waals surface area contributed by atoms with Crippen LogP contribution >= 0.6 is 11.8 Å². The maximum atomic E-state index is 5.97. The van der Waals surface area contributed by atoms with Crippen LogP contribution in [0, 0.1) is 0 Å². The molecule has 1 aliphatic heterocycles. The summed E-state index contributed by atoms with van der Waals surface area (Å²) in [6.45, 7) is 1.08. The molecule has 0 aromatic carbocycles. The van der Waals surface area contributed by atoms with Crippen molar-refractivity contribution >= 4 is 17.7 Å². The Kier molecular flexibility index (Phi) is 4.95. The fraction of sp³-hybridized carbons (Fsp3) is 0.800. The van der Waals surface area contributed by atoms with Crippen molar-refractivity contribution in [3.63, 3.8) is 0 Å². The molecule has 6 heteroatoms. The van der Waals surface area contributed by atoms with E-state index in [-0.39, 0.29) is 6.04 Å². The molecule has 2 heterocycles. The van der Waals surface area contributed by atoms with Crippen LogP contribution in [-0.2, 0) is 0 Å². The molecule has 1 unspecified atom stereocenters. The minimum absolute atomic E-state index is 0.276. The molecule has 0 bridgehead atoms. The number of rotatable bonds is 2. The summed E-state index contributed by atoms with van der Waals surface area (Å²) in [7, 11) is 2.15. The smallest absolute Gasteiger partial charge is 0.223 e. The molecule has 1 aliphatic carbocycles. The Labute approximate surface area is 131 Å². The van der Waals surface area contributed by atoms with Crippen LogP contribution in [0.25, 0.3) is 0 Å². The molecule has 21 heavy (non-hydrogen) atoms. The zero-order valence-corrected chi connectivity index (χ0v) is 13.6. The van der Waals surface area contributed by atoms with Gasteiger partial charge in [-0.25, -0.2) is 4.98 Å². The number of nitrogen functional groups attached to an aromatic ring is 1.